The molecule has 0 aliphatic carbocycles. The Bertz CT molecular complexity index is 604. The molecule has 0 unspecified atom stereocenters. The van der Waals surface area contributed by atoms with Crippen LogP contribution in [0.3, 0.4) is 0 Å². The van der Waals surface area contributed by atoms with E-state index >= 15 is 0 Å². The van der Waals surface area contributed by atoms with Crippen molar-refractivity contribution in [3.63, 3.8) is 0 Å². The fourth-order valence-electron chi connectivity index (χ4n) is 1.85. The number of benzene rings is 1. The van der Waals surface area contributed by atoms with E-state index in [2.05, 4.69) is 6.58 Å². The summed E-state index contributed by atoms with van der Waals surface area (Å²) in [5.41, 5.74) is 2.49. The molecule has 20 heavy (non-hydrogen) atoms. The number of halogens is 1. The Labute approximate surface area is 126 Å². The van der Waals surface area contributed by atoms with Crippen LogP contribution >= 0.6 is 10.7 Å². The van der Waals surface area contributed by atoms with Gasteiger partial charge in [0.25, 0.3) is 9.05 Å². The third-order valence-electron chi connectivity index (χ3n) is 2.98. The predicted octanol–water partition coefficient (Wildman–Crippen LogP) is 4.39. The molecule has 1 rings (SSSR count). The monoisotopic (exact) mass is 316 g/mol. The van der Waals surface area contributed by atoms with Crippen molar-refractivity contribution in [2.45, 2.75) is 44.9 Å². The van der Waals surface area contributed by atoms with Crippen molar-refractivity contribution in [2.24, 2.45) is 0 Å². The van der Waals surface area contributed by atoms with Gasteiger partial charge < -0.3 is 4.74 Å². The zero-order valence-corrected chi connectivity index (χ0v) is 13.9. The quantitative estimate of drug-likeness (QED) is 0.577. The molecule has 5 heteroatoms. The Morgan fingerprint density at radius 2 is 2.00 bits per heavy atom. The zero-order valence-electron chi connectivity index (χ0n) is 12.4. The number of hydrogen-bond donors (Lipinski definition) is 0. The maximum absolute atomic E-state index is 11.6. The highest BCUT2D eigenvalue weighted by Gasteiger charge is 2.19. The lowest BCUT2D eigenvalue weighted by Crippen LogP contribution is -2.05. The molecule has 0 aliphatic rings. The van der Waals surface area contributed by atoms with Crippen molar-refractivity contribution in [3.8, 4) is 5.75 Å². The lowest BCUT2D eigenvalue weighted by molar-refractivity contribution is 0.316. The Morgan fingerprint density at radius 1 is 1.40 bits per heavy atom. The fraction of sp³-hybridized carbons (Fsp3) is 0.467. The van der Waals surface area contributed by atoms with Gasteiger partial charge in [-0.25, -0.2) is 8.42 Å². The third kappa shape index (κ3) is 4.53. The summed E-state index contributed by atoms with van der Waals surface area (Å²) >= 11 is 0. The van der Waals surface area contributed by atoms with Crippen LogP contribution in [-0.4, -0.2) is 15.0 Å². The highest BCUT2D eigenvalue weighted by Crippen LogP contribution is 2.33. The molecule has 0 radical (unpaired) electrons. The first-order valence-corrected chi connectivity index (χ1v) is 8.80. The van der Waals surface area contributed by atoms with Crippen LogP contribution in [0.1, 0.15) is 44.2 Å². The summed E-state index contributed by atoms with van der Waals surface area (Å²) in [5.74, 6) is 0.857. The van der Waals surface area contributed by atoms with E-state index in [9.17, 15) is 8.42 Å². The lowest BCUT2D eigenvalue weighted by Gasteiger charge is -2.16. The minimum Gasteiger partial charge on any atom is -0.493 e. The van der Waals surface area contributed by atoms with Gasteiger partial charge in [0.05, 0.1) is 11.5 Å². The van der Waals surface area contributed by atoms with Crippen LogP contribution in [0.4, 0.5) is 0 Å². The van der Waals surface area contributed by atoms with Crippen LogP contribution in [-0.2, 0) is 9.05 Å². The molecule has 0 aromatic heterocycles. The Balaban J connectivity index is 3.18. The van der Waals surface area contributed by atoms with E-state index in [0.717, 1.165) is 17.6 Å². The summed E-state index contributed by atoms with van der Waals surface area (Å²) in [7, 11) is 1.72. The minimum absolute atomic E-state index is 0.146. The summed E-state index contributed by atoms with van der Waals surface area (Å²) in [6, 6.07) is 3.35. The van der Waals surface area contributed by atoms with Crippen molar-refractivity contribution >= 4 is 19.7 Å². The molecule has 1 aromatic rings. The maximum atomic E-state index is 11.6. The lowest BCUT2D eigenvalue weighted by atomic mass is 10.0. The van der Waals surface area contributed by atoms with E-state index in [4.69, 9.17) is 15.4 Å². The van der Waals surface area contributed by atoms with Gasteiger partial charge in [0.2, 0.25) is 0 Å². The number of rotatable bonds is 6. The average Bonchev–Trinajstić information content (AvgIpc) is 2.26. The van der Waals surface area contributed by atoms with E-state index in [1.165, 1.54) is 0 Å². The molecule has 0 saturated carbocycles. The van der Waals surface area contributed by atoms with Crippen LogP contribution in [0.25, 0.3) is 0 Å². The first-order valence-electron chi connectivity index (χ1n) is 6.49. The van der Waals surface area contributed by atoms with Crippen molar-refractivity contribution < 1.29 is 13.2 Å². The van der Waals surface area contributed by atoms with Crippen LogP contribution in [0, 0.1) is 6.92 Å². The van der Waals surface area contributed by atoms with Gasteiger partial charge in [0, 0.05) is 17.1 Å². The van der Waals surface area contributed by atoms with Crippen LogP contribution in [0.2, 0.25) is 0 Å². The SMILES string of the molecule is C=C(C)CCOc1cc(C)c(S(=O)(=O)Cl)cc1C(C)C. The van der Waals surface area contributed by atoms with Crippen molar-refractivity contribution in [1.82, 2.24) is 0 Å². The van der Waals surface area contributed by atoms with E-state index in [1.807, 2.05) is 20.8 Å². The number of aryl methyl sites for hydroxylation is 1. The largest absolute Gasteiger partial charge is 0.493 e. The number of ether oxygens (including phenoxy) is 1. The first kappa shape index (κ1) is 17.1. The molecule has 3 nitrogen and oxygen atoms in total. The fourth-order valence-corrected chi connectivity index (χ4v) is 3.06. The zero-order chi connectivity index (χ0) is 15.5. The molecule has 1 aromatic carbocycles. The summed E-state index contributed by atoms with van der Waals surface area (Å²) in [6.45, 7) is 12.0. The van der Waals surface area contributed by atoms with E-state index < -0.39 is 9.05 Å². The predicted molar refractivity (Wildman–Crippen MR) is 83.2 cm³/mol. The van der Waals surface area contributed by atoms with Crippen LogP contribution in [0.15, 0.2) is 29.2 Å². The molecule has 0 spiro atoms. The molecule has 0 atom stereocenters. The van der Waals surface area contributed by atoms with Crippen molar-refractivity contribution in [1.29, 1.82) is 0 Å². The van der Waals surface area contributed by atoms with Crippen molar-refractivity contribution in [2.75, 3.05) is 6.61 Å². The summed E-state index contributed by atoms with van der Waals surface area (Å²) < 4.78 is 28.9. The maximum Gasteiger partial charge on any atom is 0.261 e. The van der Waals surface area contributed by atoms with E-state index in [0.29, 0.717) is 17.9 Å². The normalized spacial score (nSPS) is 11.7. The summed E-state index contributed by atoms with van der Waals surface area (Å²) in [5, 5.41) is 0. The molecule has 112 valence electrons. The Kier molecular flexibility index (Phi) is 5.66. The Hall–Kier alpha value is -1.00. The van der Waals surface area contributed by atoms with Gasteiger partial charge in [0.15, 0.2) is 0 Å². The van der Waals surface area contributed by atoms with Gasteiger partial charge in [-0.2, -0.15) is 0 Å². The summed E-state index contributed by atoms with van der Waals surface area (Å²) in [6.07, 6.45) is 0.770. The standard InChI is InChI=1S/C15H21ClO3S/c1-10(2)6-7-19-14-8-12(5)15(20(16,17)18)9-13(14)11(3)4/h8-9,11H,1,6-7H2,2-5H3. The highest BCUT2D eigenvalue weighted by atomic mass is 35.7. The molecule has 0 bridgehead atoms. The Morgan fingerprint density at radius 3 is 2.45 bits per heavy atom. The molecular weight excluding hydrogens is 296 g/mol. The van der Waals surface area contributed by atoms with Gasteiger partial charge in [-0.15, -0.1) is 6.58 Å². The second-order valence-electron chi connectivity index (χ2n) is 5.30. The van der Waals surface area contributed by atoms with Gasteiger partial charge in [0.1, 0.15) is 5.75 Å². The topological polar surface area (TPSA) is 43.4 Å². The molecule has 0 N–H and O–H groups in total. The molecule has 0 heterocycles. The highest BCUT2D eigenvalue weighted by molar-refractivity contribution is 8.13. The van der Waals surface area contributed by atoms with Gasteiger partial charge in [-0.1, -0.05) is 19.4 Å². The smallest absolute Gasteiger partial charge is 0.261 e. The molecule has 0 fully saturated rings. The van der Waals surface area contributed by atoms with Gasteiger partial charge >= 0.3 is 0 Å². The second-order valence-corrected chi connectivity index (χ2v) is 7.84. The second kappa shape index (κ2) is 6.64. The molecule has 0 saturated heterocycles. The third-order valence-corrected chi connectivity index (χ3v) is 4.44. The minimum atomic E-state index is -3.74. The van der Waals surface area contributed by atoms with Gasteiger partial charge in [-0.05, 0) is 43.0 Å². The average molecular weight is 317 g/mol. The van der Waals surface area contributed by atoms with E-state index in [1.54, 1.807) is 19.1 Å². The van der Waals surface area contributed by atoms with E-state index in [-0.39, 0.29) is 10.8 Å². The molecule has 0 amide bonds. The van der Waals surface area contributed by atoms with Crippen LogP contribution < -0.4 is 4.74 Å². The summed E-state index contributed by atoms with van der Waals surface area (Å²) in [4.78, 5) is 0.148. The first-order chi connectivity index (χ1) is 9.12. The number of hydrogen-bond acceptors (Lipinski definition) is 3. The molecular formula is C15H21ClO3S. The van der Waals surface area contributed by atoms with Crippen LogP contribution in [0.5, 0.6) is 5.75 Å². The molecule has 0 aliphatic heterocycles. The van der Waals surface area contributed by atoms with Gasteiger partial charge in [-0.3, -0.25) is 0 Å². The van der Waals surface area contributed by atoms with Crippen molar-refractivity contribution in [3.05, 3.63) is 35.4 Å².